The molecule has 2 heterocycles. The fourth-order valence-electron chi connectivity index (χ4n) is 6.01. The van der Waals surface area contributed by atoms with Crippen molar-refractivity contribution in [3.63, 3.8) is 0 Å². The van der Waals surface area contributed by atoms with Gasteiger partial charge >= 0.3 is 0 Å². The van der Waals surface area contributed by atoms with Gasteiger partial charge in [0, 0.05) is 18.9 Å². The fourth-order valence-corrected chi connectivity index (χ4v) is 6.32. The van der Waals surface area contributed by atoms with Crippen molar-refractivity contribution in [3.05, 3.63) is 41.7 Å². The minimum atomic E-state index is -2.67. The van der Waals surface area contributed by atoms with Crippen LogP contribution in [0.2, 0.25) is 0 Å². The summed E-state index contributed by atoms with van der Waals surface area (Å²) in [4.78, 5) is 14.9. The Morgan fingerprint density at radius 2 is 2.12 bits per heavy atom. The van der Waals surface area contributed by atoms with Crippen LogP contribution in [0, 0.1) is 5.41 Å². The molecule has 2 atom stereocenters. The number of rotatable bonds is 6. The second kappa shape index (κ2) is 8.51. The summed E-state index contributed by atoms with van der Waals surface area (Å²) < 4.78 is 43.7. The molecule has 2 unspecified atom stereocenters. The number of fused-ring (bicyclic) bond motifs is 3. The number of hydrogen-bond acceptors (Lipinski definition) is 5. The van der Waals surface area contributed by atoms with Crippen LogP contribution in [0.4, 0.5) is 8.78 Å². The van der Waals surface area contributed by atoms with Crippen molar-refractivity contribution in [3.8, 4) is 5.75 Å². The Hall–Kier alpha value is -2.26. The van der Waals surface area contributed by atoms with Crippen LogP contribution in [-0.4, -0.2) is 54.8 Å². The maximum Gasteiger partial charge on any atom is 0.259 e. The van der Waals surface area contributed by atoms with Gasteiger partial charge in [0.25, 0.3) is 12.3 Å². The Bertz CT molecular complexity index is 971. The summed E-state index contributed by atoms with van der Waals surface area (Å²) in [6.07, 6.45) is 5.60. The van der Waals surface area contributed by atoms with Gasteiger partial charge in [-0.3, -0.25) is 9.69 Å². The van der Waals surface area contributed by atoms with E-state index in [1.54, 1.807) is 13.4 Å². The van der Waals surface area contributed by atoms with E-state index in [1.807, 2.05) is 24.3 Å². The number of methoxy groups -OCH3 is 1. The average molecular weight is 479 g/mol. The zero-order valence-electron chi connectivity index (χ0n) is 18.5. The number of ether oxygens (including phenoxy) is 3. The number of carbonyl (C=O) groups is 1. The van der Waals surface area contributed by atoms with E-state index < -0.39 is 23.9 Å². The van der Waals surface area contributed by atoms with E-state index in [9.17, 15) is 13.6 Å². The summed E-state index contributed by atoms with van der Waals surface area (Å²) in [7, 11) is 1.70. The van der Waals surface area contributed by atoms with Crippen LogP contribution in [0.5, 0.6) is 5.75 Å². The van der Waals surface area contributed by atoms with Crippen LogP contribution >= 0.6 is 12.2 Å². The molecule has 1 amide bonds. The van der Waals surface area contributed by atoms with E-state index in [2.05, 4.69) is 5.32 Å². The zero-order chi connectivity index (χ0) is 23.2. The highest BCUT2D eigenvalue weighted by Gasteiger charge is 2.67. The number of nitrogens with zero attached hydrogens (tertiary/aromatic N) is 1. The van der Waals surface area contributed by atoms with Crippen molar-refractivity contribution < 1.29 is 27.8 Å². The monoisotopic (exact) mass is 478 g/mol. The molecule has 2 aliphatic carbocycles. The van der Waals surface area contributed by atoms with E-state index in [0.29, 0.717) is 18.8 Å². The molecule has 6 nitrogen and oxygen atoms in total. The largest absolute Gasteiger partial charge is 0.494 e. The molecule has 2 spiro atoms. The van der Waals surface area contributed by atoms with Gasteiger partial charge in [-0.2, -0.15) is 0 Å². The molecule has 1 aromatic rings. The van der Waals surface area contributed by atoms with Gasteiger partial charge in [-0.25, -0.2) is 8.78 Å². The van der Waals surface area contributed by atoms with Gasteiger partial charge < -0.3 is 19.5 Å². The molecule has 33 heavy (non-hydrogen) atoms. The summed E-state index contributed by atoms with van der Waals surface area (Å²) in [5.74, 6) is 0.238. The second-order valence-electron chi connectivity index (χ2n) is 9.37. The Morgan fingerprint density at radius 3 is 2.79 bits per heavy atom. The minimum absolute atomic E-state index is 0.0387. The third-order valence-electron chi connectivity index (χ3n) is 7.66. The standard InChI is InChI=1S/C24H28F2N2O4S/c1-30-16-6-8-23(9-7-16)12-15-4-5-17(32-14-18-3-2-10-31-18)11-19(15)24(23)21(29)28(13-20(25)26)22(33)27-24/h2,4-5,10-11,16,18,20H,3,6-9,12-14H2,1H3,(H,27,33). The van der Waals surface area contributed by atoms with Gasteiger partial charge in [0.1, 0.15) is 18.5 Å². The third-order valence-corrected chi connectivity index (χ3v) is 7.98. The smallest absolute Gasteiger partial charge is 0.259 e. The van der Waals surface area contributed by atoms with Crippen LogP contribution in [-0.2, 0) is 26.2 Å². The summed E-state index contributed by atoms with van der Waals surface area (Å²) in [5.41, 5.74) is 0.182. The first-order valence-corrected chi connectivity index (χ1v) is 11.8. The van der Waals surface area contributed by atoms with Gasteiger partial charge in [0.05, 0.1) is 18.9 Å². The van der Waals surface area contributed by atoms with Crippen LogP contribution in [0.3, 0.4) is 0 Å². The van der Waals surface area contributed by atoms with Crippen molar-refractivity contribution in [2.45, 2.75) is 62.7 Å². The highest BCUT2D eigenvalue weighted by molar-refractivity contribution is 7.80. The zero-order valence-corrected chi connectivity index (χ0v) is 19.3. The van der Waals surface area contributed by atoms with Gasteiger partial charge in [-0.1, -0.05) is 6.07 Å². The molecule has 1 saturated heterocycles. The first-order valence-electron chi connectivity index (χ1n) is 11.4. The molecule has 1 N–H and O–H groups in total. The lowest BCUT2D eigenvalue weighted by Crippen LogP contribution is -2.56. The third kappa shape index (κ3) is 3.60. The van der Waals surface area contributed by atoms with Gasteiger partial charge in [-0.05, 0) is 73.7 Å². The van der Waals surface area contributed by atoms with E-state index in [1.165, 1.54) is 0 Å². The van der Waals surface area contributed by atoms with E-state index in [0.717, 1.165) is 48.1 Å². The molecule has 0 bridgehead atoms. The molecule has 9 heteroatoms. The molecule has 4 aliphatic rings. The maximum absolute atomic E-state index is 13.9. The van der Waals surface area contributed by atoms with Crippen LogP contribution in [0.1, 0.15) is 43.2 Å². The number of halogens is 2. The Kier molecular flexibility index (Phi) is 5.81. The maximum atomic E-state index is 13.9. The number of hydrogen-bond donors (Lipinski definition) is 1. The van der Waals surface area contributed by atoms with Crippen molar-refractivity contribution >= 4 is 23.2 Å². The Labute approximate surface area is 197 Å². The van der Waals surface area contributed by atoms with E-state index in [4.69, 9.17) is 26.4 Å². The lowest BCUT2D eigenvalue weighted by Gasteiger charge is -2.46. The molecule has 0 aromatic heterocycles. The molecular weight excluding hydrogens is 450 g/mol. The molecular formula is C24H28F2N2O4S. The van der Waals surface area contributed by atoms with Crippen molar-refractivity contribution in [1.29, 1.82) is 0 Å². The number of benzene rings is 1. The minimum Gasteiger partial charge on any atom is -0.494 e. The first-order chi connectivity index (χ1) is 15.9. The quantitative estimate of drug-likeness (QED) is 0.630. The predicted molar refractivity (Wildman–Crippen MR) is 121 cm³/mol. The van der Waals surface area contributed by atoms with Gasteiger partial charge in [-0.15, -0.1) is 0 Å². The van der Waals surface area contributed by atoms with Gasteiger partial charge in [0.15, 0.2) is 10.7 Å². The number of alkyl halides is 2. The predicted octanol–water partition coefficient (Wildman–Crippen LogP) is 3.68. The van der Waals surface area contributed by atoms with E-state index in [-0.39, 0.29) is 23.2 Å². The summed E-state index contributed by atoms with van der Waals surface area (Å²) in [5, 5.41) is 3.32. The molecule has 2 fully saturated rings. The normalized spacial score (nSPS) is 32.7. The van der Waals surface area contributed by atoms with Crippen molar-refractivity contribution in [2.75, 3.05) is 20.3 Å². The first kappa shape index (κ1) is 22.5. The van der Waals surface area contributed by atoms with Crippen LogP contribution in [0.15, 0.2) is 30.5 Å². The highest BCUT2D eigenvalue weighted by atomic mass is 32.1. The molecule has 5 rings (SSSR count). The Morgan fingerprint density at radius 1 is 1.33 bits per heavy atom. The number of amides is 1. The summed E-state index contributed by atoms with van der Waals surface area (Å²) in [6.45, 7) is -0.322. The highest BCUT2D eigenvalue weighted by Crippen LogP contribution is 2.60. The van der Waals surface area contributed by atoms with Crippen molar-refractivity contribution in [1.82, 2.24) is 10.2 Å². The fraction of sp³-hybridized carbons (Fsp3) is 0.583. The number of nitrogens with one attached hydrogen (secondary N) is 1. The SMILES string of the molecule is COC1CCC2(CC1)Cc1ccc(OCC3CC=CO3)cc1C21NC(=S)N(CC(F)F)C1=O. The molecule has 178 valence electrons. The summed E-state index contributed by atoms with van der Waals surface area (Å²) in [6, 6.07) is 5.78. The second-order valence-corrected chi connectivity index (χ2v) is 9.76. The number of carbonyl (C=O) groups excluding carboxylic acids is 1. The van der Waals surface area contributed by atoms with Crippen molar-refractivity contribution in [2.24, 2.45) is 5.41 Å². The average Bonchev–Trinajstić information content (AvgIpc) is 3.47. The lowest BCUT2D eigenvalue weighted by atomic mass is 9.61. The van der Waals surface area contributed by atoms with E-state index >= 15 is 0 Å². The Balaban J connectivity index is 1.51. The topological polar surface area (TPSA) is 60.0 Å². The van der Waals surface area contributed by atoms with Crippen LogP contribution in [0.25, 0.3) is 0 Å². The molecule has 0 radical (unpaired) electrons. The molecule has 1 aromatic carbocycles. The molecule has 2 aliphatic heterocycles. The van der Waals surface area contributed by atoms with Crippen LogP contribution < -0.4 is 10.1 Å². The lowest BCUT2D eigenvalue weighted by molar-refractivity contribution is -0.139. The number of thiocarbonyl (C=S) groups is 1. The molecule has 1 saturated carbocycles. The summed E-state index contributed by atoms with van der Waals surface area (Å²) >= 11 is 5.41. The van der Waals surface area contributed by atoms with Gasteiger partial charge in [0.2, 0.25) is 0 Å².